The first-order chi connectivity index (χ1) is 27.8. The summed E-state index contributed by atoms with van der Waals surface area (Å²) in [5.41, 5.74) is 21.4. The van der Waals surface area contributed by atoms with Crippen LogP contribution in [-0.2, 0) is 10.8 Å². The first kappa shape index (κ1) is 42.3. The topological polar surface area (TPSA) is 3.24 Å². The van der Waals surface area contributed by atoms with Crippen molar-refractivity contribution in [2.45, 2.75) is 90.7 Å². The third-order valence-corrected chi connectivity index (χ3v) is 12.8. The van der Waals surface area contributed by atoms with Gasteiger partial charge < -0.3 is 4.90 Å². The molecular weight excluding hydrogens is 719 g/mol. The highest BCUT2D eigenvalue weighted by Crippen LogP contribution is 2.62. The maximum absolute atomic E-state index is 5.04. The fourth-order valence-corrected chi connectivity index (χ4v) is 9.78. The lowest BCUT2D eigenvalue weighted by Gasteiger charge is -2.51. The fourth-order valence-electron chi connectivity index (χ4n) is 9.57. The molecule has 0 fully saturated rings. The smallest absolute Gasteiger partial charge is 0.0546 e. The van der Waals surface area contributed by atoms with Crippen molar-refractivity contribution in [2.24, 2.45) is 0 Å². The molecular formula is C56H61NS. The molecule has 0 N–H and O–H groups in total. The van der Waals surface area contributed by atoms with Gasteiger partial charge in [-0.1, -0.05) is 157 Å². The minimum Gasteiger partial charge on any atom is -0.309 e. The Hall–Kier alpha value is -5.31. The van der Waals surface area contributed by atoms with Gasteiger partial charge in [0.15, 0.2) is 0 Å². The van der Waals surface area contributed by atoms with Crippen LogP contribution in [0.2, 0.25) is 0 Å². The Labute approximate surface area is 355 Å². The first-order valence-corrected chi connectivity index (χ1v) is 21.2. The number of aryl methyl sites for hydroxylation is 1. The molecule has 0 amide bonds. The molecule has 0 saturated carbocycles. The van der Waals surface area contributed by atoms with E-state index in [4.69, 9.17) is 12.6 Å². The number of anilines is 3. The van der Waals surface area contributed by atoms with Gasteiger partial charge in [0, 0.05) is 22.0 Å². The second-order valence-electron chi connectivity index (χ2n) is 16.7. The average Bonchev–Trinajstić information content (AvgIpc) is 3.22. The molecule has 0 aromatic heterocycles. The largest absolute Gasteiger partial charge is 0.309 e. The van der Waals surface area contributed by atoms with Crippen molar-refractivity contribution in [1.29, 1.82) is 0 Å². The van der Waals surface area contributed by atoms with Crippen molar-refractivity contribution in [1.82, 2.24) is 0 Å². The first-order valence-electron chi connectivity index (χ1n) is 20.7. The monoisotopic (exact) mass is 779 g/mol. The number of rotatable bonds is 10. The Kier molecular flexibility index (Phi) is 12.3. The Bertz CT molecular complexity index is 2440. The van der Waals surface area contributed by atoms with E-state index in [1.165, 1.54) is 95.0 Å². The van der Waals surface area contributed by atoms with Crippen molar-refractivity contribution in [3.63, 3.8) is 0 Å². The fraction of sp³-hybridized carbons (Fsp3) is 0.250. The van der Waals surface area contributed by atoms with Gasteiger partial charge in [0.2, 0.25) is 0 Å². The highest BCUT2D eigenvalue weighted by molar-refractivity contribution is 7.80. The summed E-state index contributed by atoms with van der Waals surface area (Å²) in [6, 6.07) is 36.7. The van der Waals surface area contributed by atoms with Crippen LogP contribution in [0, 0.1) is 6.92 Å². The molecule has 2 aliphatic rings. The maximum Gasteiger partial charge on any atom is 0.0546 e. The molecule has 296 valence electrons. The number of thiol groups is 1. The number of para-hydroxylation sites is 2. The molecule has 1 nitrogen and oxygen atoms in total. The second-order valence-corrected chi connectivity index (χ2v) is 17.4. The molecule has 0 aliphatic carbocycles. The molecule has 5 aromatic carbocycles. The molecule has 58 heavy (non-hydrogen) atoms. The lowest BCUT2D eigenvalue weighted by molar-refractivity contribution is 0.595. The van der Waals surface area contributed by atoms with Crippen LogP contribution < -0.4 is 4.90 Å². The Morgan fingerprint density at radius 1 is 0.707 bits per heavy atom. The van der Waals surface area contributed by atoms with Crippen molar-refractivity contribution in [3.8, 4) is 11.1 Å². The van der Waals surface area contributed by atoms with Crippen LogP contribution in [0.15, 0.2) is 165 Å². The molecule has 0 bridgehead atoms. The predicted molar refractivity (Wildman–Crippen MR) is 259 cm³/mol. The van der Waals surface area contributed by atoms with E-state index in [0.29, 0.717) is 0 Å². The summed E-state index contributed by atoms with van der Waals surface area (Å²) < 4.78 is 0. The number of fused-ring (bicyclic) bond motifs is 4. The summed E-state index contributed by atoms with van der Waals surface area (Å²) in [5.74, 6) is 0.201. The van der Waals surface area contributed by atoms with Gasteiger partial charge in [0.25, 0.3) is 0 Å². The third kappa shape index (κ3) is 7.00. The minimum atomic E-state index is -0.216. The number of allylic oxidation sites excluding steroid dienone is 7. The normalized spacial score (nSPS) is 16.2. The zero-order valence-electron chi connectivity index (χ0n) is 36.2. The predicted octanol–water partition coefficient (Wildman–Crippen LogP) is 16.4. The lowest BCUT2D eigenvalue weighted by Crippen LogP contribution is -2.39. The molecule has 5 aromatic rings. The number of hydrogen-bond acceptors (Lipinski definition) is 2. The summed E-state index contributed by atoms with van der Waals surface area (Å²) >= 11 is 5.04. The Morgan fingerprint density at radius 2 is 1.29 bits per heavy atom. The van der Waals surface area contributed by atoms with E-state index in [1.807, 2.05) is 12.2 Å². The number of nitrogens with zero attached hydrogens (tertiary/aromatic N) is 1. The van der Waals surface area contributed by atoms with Crippen LogP contribution in [-0.4, -0.2) is 0 Å². The van der Waals surface area contributed by atoms with Crippen LogP contribution >= 0.6 is 12.6 Å². The molecule has 2 heterocycles. The average molecular weight is 780 g/mol. The van der Waals surface area contributed by atoms with E-state index in [1.54, 1.807) is 0 Å². The maximum atomic E-state index is 5.04. The molecule has 2 atom stereocenters. The summed E-state index contributed by atoms with van der Waals surface area (Å²) in [6.07, 6.45) is 11.3. The van der Waals surface area contributed by atoms with Crippen LogP contribution in [0.5, 0.6) is 0 Å². The van der Waals surface area contributed by atoms with Crippen LogP contribution in [0.1, 0.15) is 123 Å². The molecule has 0 saturated heterocycles. The number of hydrogen-bond donors (Lipinski definition) is 1. The van der Waals surface area contributed by atoms with Gasteiger partial charge >= 0.3 is 0 Å². The molecule has 2 unspecified atom stereocenters. The van der Waals surface area contributed by atoms with Gasteiger partial charge in [-0.3, -0.25) is 0 Å². The quantitative estimate of drug-likeness (QED) is 0.0839. The van der Waals surface area contributed by atoms with E-state index in [2.05, 4.69) is 209 Å². The molecule has 0 radical (unpaired) electrons. The van der Waals surface area contributed by atoms with Crippen molar-refractivity contribution < 1.29 is 0 Å². The second kappa shape index (κ2) is 16.9. The molecule has 2 aliphatic heterocycles. The highest BCUT2D eigenvalue weighted by atomic mass is 32.1. The number of benzene rings is 5. The van der Waals surface area contributed by atoms with Crippen LogP contribution in [0.3, 0.4) is 0 Å². The van der Waals surface area contributed by atoms with Crippen molar-refractivity contribution in [2.75, 3.05) is 4.90 Å². The minimum absolute atomic E-state index is 0.0898. The lowest BCUT2D eigenvalue weighted by atomic mass is 9.65. The van der Waals surface area contributed by atoms with Gasteiger partial charge in [-0.05, 0) is 124 Å². The summed E-state index contributed by atoms with van der Waals surface area (Å²) in [4.78, 5) is 2.60. The van der Waals surface area contributed by atoms with Crippen molar-refractivity contribution >= 4 is 35.3 Å². The van der Waals surface area contributed by atoms with E-state index >= 15 is 0 Å². The summed E-state index contributed by atoms with van der Waals surface area (Å²) in [7, 11) is 0. The van der Waals surface area contributed by atoms with Gasteiger partial charge in [-0.2, -0.15) is 12.6 Å². The summed E-state index contributed by atoms with van der Waals surface area (Å²) in [6.45, 7) is 34.8. The Morgan fingerprint density at radius 3 is 1.88 bits per heavy atom. The Balaban J connectivity index is 0.00000279. The SMILES string of the molecule is C=C.C=CCC(/C=C\C)=C(/c1ccc(-c2cc(C)c3c(c2)C(C)(C)c2cccc4c2N3c2c(C(C)S)cccc2C4(C)C)cc1)c1ccccc1C(C)/C(C=C)=C/C. The highest BCUT2D eigenvalue weighted by Gasteiger charge is 2.46. The van der Waals surface area contributed by atoms with Crippen molar-refractivity contribution in [3.05, 3.63) is 215 Å². The van der Waals surface area contributed by atoms with Crippen LogP contribution in [0.25, 0.3) is 16.7 Å². The van der Waals surface area contributed by atoms with Gasteiger partial charge in [0.1, 0.15) is 0 Å². The molecule has 2 heteroatoms. The summed E-state index contributed by atoms with van der Waals surface area (Å²) in [5, 5.41) is 0.0898. The van der Waals surface area contributed by atoms with Gasteiger partial charge in [0.05, 0.1) is 17.1 Å². The van der Waals surface area contributed by atoms with Gasteiger partial charge in [-0.25, -0.2) is 0 Å². The van der Waals surface area contributed by atoms with E-state index in [9.17, 15) is 0 Å². The van der Waals surface area contributed by atoms with E-state index in [0.717, 1.165) is 6.42 Å². The molecule has 0 spiro atoms. The molecule has 7 rings (SSSR count). The van der Waals surface area contributed by atoms with E-state index < -0.39 is 0 Å². The van der Waals surface area contributed by atoms with Gasteiger partial charge in [-0.15, -0.1) is 19.7 Å². The third-order valence-electron chi connectivity index (χ3n) is 12.5. The van der Waals surface area contributed by atoms with Crippen LogP contribution in [0.4, 0.5) is 17.1 Å². The zero-order valence-corrected chi connectivity index (χ0v) is 37.1. The zero-order chi connectivity index (χ0) is 42.1. The van der Waals surface area contributed by atoms with E-state index in [-0.39, 0.29) is 22.0 Å². The standard InChI is InChI=1S/C54H57NS.C2H4/c1-12-20-39(21-13-2)49(44-23-17-16-22-42(44)35(6)37(14-3)15-4)40-30-28-38(29-31-40)41-32-34(5)50-48(33-41)54(10,11)47-27-19-26-46-52(47)55(50)51-43(36(7)56)24-18-25-45(51)53(46,8)9;1-2/h12-19,21-33,35-36,56H,1,3,20H2,2,4-11H3;1-2H2/b21-13-,37-15+,49-39+;.